The molecule has 0 aliphatic carbocycles. The van der Waals surface area contributed by atoms with Gasteiger partial charge in [-0.25, -0.2) is 9.97 Å². The average Bonchev–Trinajstić information content (AvgIpc) is 2.95. The zero-order chi connectivity index (χ0) is 32.6. The molecule has 1 aromatic heterocycles. The number of carbonyl (C=O) groups excluding carboxylic acids is 1. The highest BCUT2D eigenvalue weighted by atomic mass is 19.4. The molecule has 1 aliphatic rings. The van der Waals surface area contributed by atoms with Crippen molar-refractivity contribution in [2.24, 2.45) is 0 Å². The smallest absolute Gasteiger partial charge is 0.491 e. The van der Waals surface area contributed by atoms with Crippen LogP contribution >= 0.6 is 0 Å². The lowest BCUT2D eigenvalue weighted by Crippen LogP contribution is -2.32. The molecule has 0 fully saturated rings. The summed E-state index contributed by atoms with van der Waals surface area (Å²) in [5.41, 5.74) is -3.29. The Balaban J connectivity index is 2.09. The van der Waals surface area contributed by atoms with Gasteiger partial charge in [-0.05, 0) is 41.4 Å². The van der Waals surface area contributed by atoms with E-state index in [0.717, 1.165) is 12.4 Å². The van der Waals surface area contributed by atoms with E-state index in [-0.39, 0.29) is 4.90 Å². The molecule has 0 spiro atoms. The second-order valence-electron chi connectivity index (χ2n) is 5.35. The minimum atomic E-state index is -5.43. The molecule has 4 rings (SSSR count). The maximum Gasteiger partial charge on any atom is 0.573 e. The van der Waals surface area contributed by atoms with Gasteiger partial charge < -0.3 is 14.4 Å². The number of amides is 1. The molecular weight excluding hydrogens is 399 g/mol. The lowest BCUT2D eigenvalue weighted by molar-refractivity contribution is -0.274. The van der Waals surface area contributed by atoms with E-state index in [1.807, 2.05) is 0 Å². The van der Waals surface area contributed by atoms with E-state index in [4.69, 9.17) is 22.6 Å². The second-order valence-corrected chi connectivity index (χ2v) is 5.35. The summed E-state index contributed by atoms with van der Waals surface area (Å²) in [6.45, 7) is -10.8. The summed E-state index contributed by atoms with van der Waals surface area (Å²) < 4.78 is 155. The third-order valence-electron chi connectivity index (χ3n) is 3.35. The lowest BCUT2D eigenvalue weighted by atomic mass is 10.0. The van der Waals surface area contributed by atoms with Crippen LogP contribution in [0.1, 0.15) is 34.0 Å². The quantitative estimate of drug-likeness (QED) is 0.627. The molecule has 0 unspecified atom stereocenters. The Hall–Kier alpha value is -3.62. The molecular formula is C21H16F3N3O3. The van der Waals surface area contributed by atoms with Crippen LogP contribution in [0.4, 0.5) is 13.2 Å². The maximum absolute atomic E-state index is 13.9. The predicted molar refractivity (Wildman–Crippen MR) is 101 cm³/mol. The number of fused-ring (bicyclic) bond motifs is 1. The third-order valence-corrected chi connectivity index (χ3v) is 3.35. The van der Waals surface area contributed by atoms with E-state index >= 15 is 0 Å². The van der Waals surface area contributed by atoms with Gasteiger partial charge in [0.1, 0.15) is 23.9 Å². The van der Waals surface area contributed by atoms with Crippen LogP contribution < -0.4 is 9.47 Å². The Kier molecular flexibility index (Phi) is 2.53. The van der Waals surface area contributed by atoms with Gasteiger partial charge in [-0.15, -0.1) is 13.2 Å². The summed E-state index contributed by atoms with van der Waals surface area (Å²) in [6, 6.07) is -7.75. The molecule has 1 amide bonds. The Bertz CT molecular complexity index is 1630. The number of alkyl halides is 3. The normalized spacial score (nSPS) is 24.0. The first-order valence-electron chi connectivity index (χ1n) is 14.4. The van der Waals surface area contributed by atoms with E-state index in [1.165, 1.54) is 6.07 Å². The zero-order valence-electron chi connectivity index (χ0n) is 27.4. The van der Waals surface area contributed by atoms with Crippen LogP contribution in [0, 0.1) is 0 Å². The molecule has 0 bridgehead atoms. The van der Waals surface area contributed by atoms with Crippen LogP contribution in [0.15, 0.2) is 60.8 Å². The van der Waals surface area contributed by atoms with Crippen molar-refractivity contribution < 1.29 is 45.3 Å². The summed E-state index contributed by atoms with van der Waals surface area (Å²) in [6.07, 6.45) is -3.36. The van der Waals surface area contributed by atoms with E-state index in [0.29, 0.717) is 0 Å². The van der Waals surface area contributed by atoms with Crippen LogP contribution in [0.2, 0.25) is 0 Å². The van der Waals surface area contributed by atoms with Gasteiger partial charge in [0.15, 0.2) is 0 Å². The van der Waals surface area contributed by atoms with Crippen LogP contribution in [-0.2, 0) is 6.50 Å². The van der Waals surface area contributed by atoms with Gasteiger partial charge in [-0.3, -0.25) is 4.79 Å². The second kappa shape index (κ2) is 8.02. The summed E-state index contributed by atoms with van der Waals surface area (Å²) in [7, 11) is 0. The number of benzene rings is 2. The molecule has 1 aliphatic heterocycles. The summed E-state index contributed by atoms with van der Waals surface area (Å²) in [5.74, 6) is -5.41. The van der Waals surface area contributed by atoms with Crippen molar-refractivity contribution in [3.63, 3.8) is 0 Å². The topological polar surface area (TPSA) is 64.6 Å². The number of halogens is 3. The van der Waals surface area contributed by atoms with Gasteiger partial charge in [-0.2, -0.15) is 0 Å². The van der Waals surface area contributed by atoms with Crippen molar-refractivity contribution in [1.82, 2.24) is 14.9 Å². The molecule has 0 saturated heterocycles. The number of ether oxygens (including phenoxy) is 2. The Morgan fingerprint density at radius 2 is 1.87 bits per heavy atom. The molecule has 6 nitrogen and oxygen atoms in total. The molecule has 0 atom stereocenters. The van der Waals surface area contributed by atoms with Crippen molar-refractivity contribution >= 4 is 5.91 Å². The van der Waals surface area contributed by atoms with Gasteiger partial charge in [0.2, 0.25) is 0 Å². The van der Waals surface area contributed by atoms with Crippen molar-refractivity contribution in [2.75, 3.05) is 13.1 Å². The number of carbonyl (C=O) groups is 1. The first kappa shape index (κ1) is 9.46. The fraction of sp³-hybridized carbons (Fsp3) is 0.190. The molecule has 2 heterocycles. The van der Waals surface area contributed by atoms with Gasteiger partial charge in [0.05, 0.1) is 36.4 Å². The summed E-state index contributed by atoms with van der Waals surface area (Å²) in [4.78, 5) is 20.9. The number of hydrogen-bond donors (Lipinski definition) is 0. The first-order chi connectivity index (χ1) is 19.6. The fourth-order valence-corrected chi connectivity index (χ4v) is 2.16. The van der Waals surface area contributed by atoms with Crippen LogP contribution in [0.3, 0.4) is 0 Å². The van der Waals surface area contributed by atoms with Gasteiger partial charge in [-0.1, -0.05) is 18.1 Å². The van der Waals surface area contributed by atoms with Crippen molar-refractivity contribution in [1.29, 1.82) is 0 Å². The van der Waals surface area contributed by atoms with E-state index in [9.17, 15) is 18.0 Å². The molecule has 154 valence electrons. The molecule has 0 radical (unpaired) electrons. The lowest BCUT2D eigenvalue weighted by Gasteiger charge is -2.19. The van der Waals surface area contributed by atoms with Gasteiger partial charge in [0.25, 0.3) is 5.91 Å². The standard InChI is InChI=1S/C21H16F3N3O3/c22-21(23,24)30-16-5-2-14(3-6-16)15-4-7-18-17(12-15)20(28)27(10-11-29-18)13-19-25-8-1-9-26-19/h1-9,12H,10-11,13H2/i2D,3D,4D,5D,6D,7D,10D2,11D2,12D,13D2. The SMILES string of the molecule is [2H]c1c([2H])c(-c2c([2H])c([2H])c3c(c2[2H])C(=O)N(C([2H])([2H])c2ncccn2)C([2H])([2H])C([2H])([2H])O3)c([2H])c([2H])c1OC(F)(F)F. The van der Waals surface area contributed by atoms with E-state index in [1.54, 1.807) is 0 Å². The van der Waals surface area contributed by atoms with Crippen molar-refractivity contribution in [3.8, 4) is 22.6 Å². The van der Waals surface area contributed by atoms with Crippen LogP contribution in [0.25, 0.3) is 11.1 Å². The van der Waals surface area contributed by atoms with Gasteiger partial charge >= 0.3 is 6.36 Å². The Morgan fingerprint density at radius 3 is 2.57 bits per heavy atom. The van der Waals surface area contributed by atoms with E-state index in [2.05, 4.69) is 14.7 Å². The van der Waals surface area contributed by atoms with E-state index < -0.39 is 108 Å². The largest absolute Gasteiger partial charge is 0.573 e. The highest BCUT2D eigenvalue weighted by molar-refractivity contribution is 5.98. The zero-order valence-corrected chi connectivity index (χ0v) is 14.4. The van der Waals surface area contributed by atoms with Crippen molar-refractivity contribution in [3.05, 3.63) is 72.1 Å². The minimum Gasteiger partial charge on any atom is -0.491 e. The highest BCUT2D eigenvalue weighted by Gasteiger charge is 2.31. The molecule has 3 aromatic rings. The molecule has 2 aromatic carbocycles. The van der Waals surface area contributed by atoms with Crippen molar-refractivity contribution in [2.45, 2.75) is 12.9 Å². The number of rotatable bonds is 4. The molecule has 0 saturated carbocycles. The number of hydrogen-bond acceptors (Lipinski definition) is 5. The predicted octanol–water partition coefficient (Wildman–Crippen LogP) is 4.08. The average molecular weight is 428 g/mol. The Labute approximate surface area is 188 Å². The Morgan fingerprint density at radius 1 is 1.17 bits per heavy atom. The number of nitrogens with zero attached hydrogens (tertiary/aromatic N) is 3. The molecule has 9 heteroatoms. The molecule has 0 N–H and O–H groups in total. The van der Waals surface area contributed by atoms with Crippen LogP contribution in [-0.4, -0.2) is 40.2 Å². The highest BCUT2D eigenvalue weighted by Crippen LogP contribution is 2.31. The van der Waals surface area contributed by atoms with Crippen LogP contribution in [0.5, 0.6) is 11.5 Å². The fourth-order valence-electron chi connectivity index (χ4n) is 2.16. The summed E-state index contributed by atoms with van der Waals surface area (Å²) in [5, 5.41) is 0. The minimum absolute atomic E-state index is 0.318. The monoisotopic (exact) mass is 428 g/mol. The third kappa shape index (κ3) is 4.51. The molecule has 30 heavy (non-hydrogen) atoms. The first-order valence-corrected chi connectivity index (χ1v) is 7.89. The maximum atomic E-state index is 13.9. The summed E-state index contributed by atoms with van der Waals surface area (Å²) >= 11 is 0. The van der Waals surface area contributed by atoms with Gasteiger partial charge in [0, 0.05) is 12.4 Å². The number of aromatic nitrogens is 2.